The van der Waals surface area contributed by atoms with Gasteiger partial charge in [0.05, 0.1) is 0 Å². The summed E-state index contributed by atoms with van der Waals surface area (Å²) in [5, 5.41) is 48.7. The van der Waals surface area contributed by atoms with Gasteiger partial charge in [0.1, 0.15) is 24.7 Å². The zero-order valence-corrected chi connectivity index (χ0v) is 16.6. The molecule has 0 saturated heterocycles. The lowest BCUT2D eigenvalue weighted by molar-refractivity contribution is -0.580. The molecule has 0 spiro atoms. The summed E-state index contributed by atoms with van der Waals surface area (Å²) in [5.74, 6) is 1.11. The van der Waals surface area contributed by atoms with E-state index in [0.29, 0.717) is 11.5 Å². The third-order valence-electron chi connectivity index (χ3n) is 3.51. The smallest absolute Gasteiger partial charge is 0.292 e. The first-order chi connectivity index (χ1) is 15.0. The fraction of sp³-hybridized carbons (Fsp3) is 0.368. The van der Waals surface area contributed by atoms with E-state index >= 15 is 0 Å². The summed E-state index contributed by atoms with van der Waals surface area (Å²) >= 11 is 0. The third-order valence-corrected chi connectivity index (χ3v) is 3.51. The van der Waals surface area contributed by atoms with Crippen molar-refractivity contribution in [3.63, 3.8) is 0 Å². The number of hydrogen-bond donors (Lipinski definition) is 2. The standard InChI is InChI=1S/C19H24N4O8/c24-16(13-28-18-7-3-1-4-8-18)11-22(26)20-30-15-31-21-23(27)12-17(25)14-29-19-9-5-2-6-10-19/h1-10,16-17,24-25H,11-15H2. The highest BCUT2D eigenvalue weighted by Gasteiger charge is 2.13. The topological polar surface area (TPSA) is 154 Å². The summed E-state index contributed by atoms with van der Waals surface area (Å²) in [7, 11) is 0. The number of ether oxygens (including phenoxy) is 2. The monoisotopic (exact) mass is 436 g/mol. The highest BCUT2D eigenvalue weighted by Crippen LogP contribution is 2.09. The van der Waals surface area contributed by atoms with Crippen LogP contribution < -0.4 is 9.47 Å². The van der Waals surface area contributed by atoms with Crippen LogP contribution in [0.2, 0.25) is 0 Å². The maximum absolute atomic E-state index is 11.5. The lowest BCUT2D eigenvalue weighted by Crippen LogP contribution is -2.27. The third kappa shape index (κ3) is 10.6. The first-order valence-electron chi connectivity index (χ1n) is 9.30. The summed E-state index contributed by atoms with van der Waals surface area (Å²) in [5.41, 5.74) is 0. The van der Waals surface area contributed by atoms with Gasteiger partial charge in [-0.3, -0.25) is 0 Å². The summed E-state index contributed by atoms with van der Waals surface area (Å²) in [6.45, 7) is -1.63. The zero-order chi connectivity index (χ0) is 22.3. The predicted molar refractivity (Wildman–Crippen MR) is 105 cm³/mol. The van der Waals surface area contributed by atoms with E-state index in [1.54, 1.807) is 48.5 Å². The van der Waals surface area contributed by atoms with E-state index in [1.165, 1.54) is 0 Å². The Morgan fingerprint density at radius 3 is 1.48 bits per heavy atom. The van der Waals surface area contributed by atoms with Crippen molar-refractivity contribution in [3.05, 3.63) is 71.1 Å². The second-order valence-corrected chi connectivity index (χ2v) is 6.16. The molecule has 0 aliphatic rings. The van der Waals surface area contributed by atoms with Crippen LogP contribution in [0.1, 0.15) is 0 Å². The fourth-order valence-electron chi connectivity index (χ4n) is 2.15. The Kier molecular flexibility index (Phi) is 10.3. The quantitative estimate of drug-likeness (QED) is 0.149. The molecule has 0 amide bonds. The van der Waals surface area contributed by atoms with Crippen molar-refractivity contribution >= 4 is 0 Å². The summed E-state index contributed by atoms with van der Waals surface area (Å²) < 4.78 is 10.6. The van der Waals surface area contributed by atoms with Gasteiger partial charge in [-0.2, -0.15) is 0 Å². The van der Waals surface area contributed by atoms with Crippen LogP contribution in [0, 0.1) is 10.4 Å². The van der Waals surface area contributed by atoms with Gasteiger partial charge in [0.25, 0.3) is 6.79 Å². The van der Waals surface area contributed by atoms with Crippen molar-refractivity contribution in [3.8, 4) is 11.5 Å². The molecule has 2 N–H and O–H groups in total. The van der Waals surface area contributed by atoms with Gasteiger partial charge < -0.3 is 39.8 Å². The second-order valence-electron chi connectivity index (χ2n) is 6.16. The molecule has 0 radical (unpaired) electrons. The van der Waals surface area contributed by atoms with E-state index in [4.69, 9.17) is 9.47 Å². The maximum Gasteiger partial charge on any atom is 0.292 e. The normalized spacial score (nSPS) is 13.9. The maximum atomic E-state index is 11.5. The fourth-order valence-corrected chi connectivity index (χ4v) is 2.15. The largest absolute Gasteiger partial charge is 0.597 e. The molecule has 2 atom stereocenters. The molecule has 0 aromatic heterocycles. The van der Waals surface area contributed by atoms with Crippen LogP contribution in [0.4, 0.5) is 0 Å². The Bertz CT molecular complexity index is 740. The molecule has 2 rings (SSSR count). The molecule has 31 heavy (non-hydrogen) atoms. The van der Waals surface area contributed by atoms with Gasteiger partial charge in [0.15, 0.2) is 12.2 Å². The molecule has 0 aliphatic carbocycles. The Morgan fingerprint density at radius 2 is 1.10 bits per heavy atom. The Balaban J connectivity index is 1.57. The summed E-state index contributed by atoms with van der Waals surface area (Å²) in [4.78, 5) is 9.27. The van der Waals surface area contributed by atoms with Crippen molar-refractivity contribution in [2.24, 2.45) is 10.6 Å². The van der Waals surface area contributed by atoms with Crippen molar-refractivity contribution in [1.82, 2.24) is 0 Å². The van der Waals surface area contributed by atoms with Gasteiger partial charge >= 0.3 is 0 Å². The minimum atomic E-state index is -1.10. The summed E-state index contributed by atoms with van der Waals surface area (Å²) in [6.07, 6.45) is -2.21. The van der Waals surface area contributed by atoms with Crippen molar-refractivity contribution in [1.29, 1.82) is 0 Å². The number of aliphatic hydroxyl groups excluding tert-OH is 2. The van der Waals surface area contributed by atoms with Crippen LogP contribution in [0.3, 0.4) is 0 Å². The molecule has 0 bridgehead atoms. The van der Waals surface area contributed by atoms with Crippen molar-refractivity contribution in [2.75, 3.05) is 33.1 Å². The van der Waals surface area contributed by atoms with Gasteiger partial charge in [0, 0.05) is 0 Å². The molecule has 0 fully saturated rings. The van der Waals surface area contributed by atoms with Crippen molar-refractivity contribution < 1.29 is 39.1 Å². The molecular weight excluding hydrogens is 412 g/mol. The first kappa shape index (κ1) is 23.6. The molecule has 0 heterocycles. The van der Waals surface area contributed by atoms with Gasteiger partial charge in [-0.25, -0.2) is 0 Å². The van der Waals surface area contributed by atoms with Crippen LogP contribution in [-0.4, -0.2) is 65.2 Å². The van der Waals surface area contributed by atoms with Crippen LogP contribution >= 0.6 is 0 Å². The van der Waals surface area contributed by atoms with E-state index in [9.17, 15) is 20.6 Å². The first-order valence-corrected chi connectivity index (χ1v) is 9.30. The van der Waals surface area contributed by atoms with Gasteiger partial charge in [-0.15, -0.1) is 0 Å². The number of rotatable bonds is 14. The lowest BCUT2D eigenvalue weighted by Gasteiger charge is -2.10. The number of hydroxylamine groups is 2. The minimum Gasteiger partial charge on any atom is -0.597 e. The summed E-state index contributed by atoms with van der Waals surface area (Å²) in [6, 6.07) is 17.6. The molecule has 2 aromatic rings. The Morgan fingerprint density at radius 1 is 0.710 bits per heavy atom. The SMILES string of the molecule is [O-][N+](CC(O)COc1ccccc1)=NOCON=[N+]([O-])CC(O)COc1ccccc1. The van der Waals surface area contributed by atoms with Crippen LogP contribution in [-0.2, 0) is 9.68 Å². The van der Waals surface area contributed by atoms with Crippen LogP contribution in [0.25, 0.3) is 0 Å². The minimum absolute atomic E-state index is 0.0992. The number of aliphatic hydroxyl groups is 2. The number of hydrogen-bond acceptors (Lipinski definition) is 10. The van der Waals surface area contributed by atoms with E-state index < -0.39 is 32.1 Å². The Hall–Kier alpha value is -3.64. The molecule has 12 nitrogen and oxygen atoms in total. The van der Waals surface area contributed by atoms with Gasteiger partial charge in [0.2, 0.25) is 23.6 Å². The van der Waals surface area contributed by atoms with Gasteiger partial charge in [-0.05, 0) is 24.3 Å². The van der Waals surface area contributed by atoms with Crippen LogP contribution in [0.5, 0.6) is 11.5 Å². The highest BCUT2D eigenvalue weighted by molar-refractivity contribution is 5.21. The zero-order valence-electron chi connectivity index (χ0n) is 16.6. The molecular formula is C19H24N4O8. The molecule has 2 unspecified atom stereocenters. The van der Waals surface area contributed by atoms with Crippen LogP contribution in [0.15, 0.2) is 71.2 Å². The molecule has 12 heteroatoms. The van der Waals surface area contributed by atoms with E-state index in [1.807, 2.05) is 12.1 Å². The van der Waals surface area contributed by atoms with Gasteiger partial charge in [-0.1, -0.05) is 46.1 Å². The second kappa shape index (κ2) is 13.6. The van der Waals surface area contributed by atoms with E-state index in [-0.39, 0.29) is 22.9 Å². The predicted octanol–water partition coefficient (Wildman–Crippen LogP) is 1.61. The van der Waals surface area contributed by atoms with Crippen molar-refractivity contribution in [2.45, 2.75) is 12.2 Å². The van der Waals surface area contributed by atoms with E-state index in [2.05, 4.69) is 20.2 Å². The molecule has 168 valence electrons. The van der Waals surface area contributed by atoms with E-state index in [0.717, 1.165) is 0 Å². The number of nitrogens with zero attached hydrogens (tertiary/aromatic N) is 4. The Labute approximate surface area is 178 Å². The molecule has 2 aromatic carbocycles. The lowest BCUT2D eigenvalue weighted by atomic mass is 10.3. The average Bonchev–Trinajstić information content (AvgIpc) is 2.77. The number of benzene rings is 2. The number of para-hydroxylation sites is 2. The average molecular weight is 436 g/mol. The molecule has 0 saturated carbocycles. The highest BCUT2D eigenvalue weighted by atomic mass is 16.8. The molecule has 0 aliphatic heterocycles.